The topological polar surface area (TPSA) is 102 Å². The van der Waals surface area contributed by atoms with Gasteiger partial charge in [-0.05, 0) is 37.1 Å². The van der Waals surface area contributed by atoms with Crippen molar-refractivity contribution in [3.63, 3.8) is 0 Å². The van der Waals surface area contributed by atoms with Gasteiger partial charge < -0.3 is 19.7 Å². The maximum Gasteiger partial charge on any atom is 0.253 e. The average Bonchev–Trinajstić information content (AvgIpc) is 2.68. The van der Waals surface area contributed by atoms with Crippen LogP contribution in [0.2, 0.25) is 0 Å². The number of ether oxygens (including phenoxy) is 2. The van der Waals surface area contributed by atoms with Crippen LogP contribution in [0.1, 0.15) is 23.2 Å². The summed E-state index contributed by atoms with van der Waals surface area (Å²) in [5, 5.41) is 1.74. The molecule has 1 aliphatic heterocycles. The van der Waals surface area contributed by atoms with Crippen LogP contribution in [0, 0.1) is 0 Å². The lowest BCUT2D eigenvalue weighted by molar-refractivity contribution is -0.118. The first-order valence-corrected chi connectivity index (χ1v) is 10.5. The molecule has 2 rings (SSSR count). The molecule has 1 heterocycles. The number of amides is 2. The smallest absolute Gasteiger partial charge is 0.253 e. The van der Waals surface area contributed by atoms with Crippen LogP contribution in [0.3, 0.4) is 0 Å². The van der Waals surface area contributed by atoms with Crippen molar-refractivity contribution in [2.24, 2.45) is 0 Å². The van der Waals surface area contributed by atoms with E-state index in [0.717, 1.165) is 0 Å². The third kappa shape index (κ3) is 5.93. The molecule has 0 atom stereocenters. The van der Waals surface area contributed by atoms with E-state index in [1.54, 1.807) is 36.3 Å². The molecule has 0 aliphatic carbocycles. The first-order valence-electron chi connectivity index (χ1n) is 8.80. The Morgan fingerprint density at radius 3 is 2.33 bits per heavy atom. The molecule has 0 unspecified atom stereocenters. The Labute approximate surface area is 159 Å². The molecule has 8 nitrogen and oxygen atoms in total. The molecular formula is C18H26N2O6S. The number of nitrogens with one attached hydrogen (secondary N) is 1. The van der Waals surface area contributed by atoms with Crippen molar-refractivity contribution in [2.45, 2.75) is 18.1 Å². The molecule has 0 radical (unpaired) electrons. The van der Waals surface area contributed by atoms with E-state index in [1.165, 1.54) is 7.05 Å². The Balaban J connectivity index is 1.90. The van der Waals surface area contributed by atoms with Crippen LogP contribution in [-0.2, 0) is 19.4 Å². The second-order valence-corrected chi connectivity index (χ2v) is 8.62. The quantitative estimate of drug-likeness (QED) is 0.639. The number of carbonyl (C=O) groups excluding carboxylic acids is 2. The number of carbonyl (C=O) groups is 2. The lowest BCUT2D eigenvalue weighted by Gasteiger charge is -2.31. The monoisotopic (exact) mass is 398 g/mol. The zero-order valence-electron chi connectivity index (χ0n) is 15.6. The van der Waals surface area contributed by atoms with Gasteiger partial charge in [-0.25, -0.2) is 8.42 Å². The lowest BCUT2D eigenvalue weighted by atomic mass is 10.1. The fourth-order valence-electron chi connectivity index (χ4n) is 2.91. The Kier molecular flexibility index (Phi) is 7.61. The standard InChI is InChI=1S/C18H26N2O6S/c1-19-17(21)13-27(23,24)16-7-9-20(10-8-16)18(22)14-3-5-15(6-4-14)26-12-11-25-2/h3-6,16H,7-13H2,1-2H3,(H,19,21). The van der Waals surface area contributed by atoms with E-state index in [1.807, 2.05) is 0 Å². The maximum absolute atomic E-state index is 12.6. The number of likely N-dealkylation sites (tertiary alicyclic amines) is 1. The van der Waals surface area contributed by atoms with Crippen molar-refractivity contribution in [2.75, 3.05) is 46.2 Å². The van der Waals surface area contributed by atoms with E-state index < -0.39 is 26.7 Å². The Hall–Kier alpha value is -2.13. The molecule has 0 bridgehead atoms. The highest BCUT2D eigenvalue weighted by Crippen LogP contribution is 2.21. The van der Waals surface area contributed by atoms with Crippen LogP contribution in [0.15, 0.2) is 24.3 Å². The van der Waals surface area contributed by atoms with Crippen molar-refractivity contribution in [3.05, 3.63) is 29.8 Å². The Morgan fingerprint density at radius 1 is 1.15 bits per heavy atom. The molecule has 1 fully saturated rings. The van der Waals surface area contributed by atoms with Gasteiger partial charge in [0.05, 0.1) is 11.9 Å². The molecule has 150 valence electrons. The number of hydrogen-bond acceptors (Lipinski definition) is 6. The summed E-state index contributed by atoms with van der Waals surface area (Å²) in [5.41, 5.74) is 0.528. The van der Waals surface area contributed by atoms with E-state index in [-0.39, 0.29) is 5.91 Å². The molecule has 1 N–H and O–H groups in total. The third-order valence-electron chi connectivity index (χ3n) is 4.51. The maximum atomic E-state index is 12.6. The van der Waals surface area contributed by atoms with Gasteiger partial charge in [-0.1, -0.05) is 0 Å². The second kappa shape index (κ2) is 9.70. The zero-order chi connectivity index (χ0) is 19.9. The van der Waals surface area contributed by atoms with Gasteiger partial charge in [-0.2, -0.15) is 0 Å². The van der Waals surface area contributed by atoms with Crippen LogP contribution < -0.4 is 10.1 Å². The number of methoxy groups -OCH3 is 1. The predicted molar refractivity (Wildman–Crippen MR) is 101 cm³/mol. The summed E-state index contributed by atoms with van der Waals surface area (Å²) >= 11 is 0. The van der Waals surface area contributed by atoms with Gasteiger partial charge in [-0.3, -0.25) is 9.59 Å². The van der Waals surface area contributed by atoms with E-state index >= 15 is 0 Å². The number of benzene rings is 1. The van der Waals surface area contributed by atoms with Crippen LogP contribution in [0.4, 0.5) is 0 Å². The van der Waals surface area contributed by atoms with Gasteiger partial charge in [-0.15, -0.1) is 0 Å². The number of nitrogens with zero attached hydrogens (tertiary/aromatic N) is 1. The van der Waals surface area contributed by atoms with Crippen LogP contribution in [0.25, 0.3) is 0 Å². The fourth-order valence-corrected chi connectivity index (χ4v) is 4.58. The van der Waals surface area contributed by atoms with Gasteiger partial charge in [0.15, 0.2) is 9.84 Å². The normalized spacial score (nSPS) is 15.4. The van der Waals surface area contributed by atoms with Crippen molar-refractivity contribution in [3.8, 4) is 5.75 Å². The van der Waals surface area contributed by atoms with Crippen LogP contribution in [0.5, 0.6) is 5.75 Å². The molecule has 0 aromatic heterocycles. The van der Waals surface area contributed by atoms with Crippen LogP contribution >= 0.6 is 0 Å². The SMILES string of the molecule is CNC(=O)CS(=O)(=O)C1CCN(C(=O)c2ccc(OCCOC)cc2)CC1. The average molecular weight is 398 g/mol. The van der Waals surface area contributed by atoms with Gasteiger partial charge in [0, 0.05) is 32.8 Å². The number of piperidine rings is 1. The summed E-state index contributed by atoms with van der Waals surface area (Å²) in [6.45, 7) is 1.62. The van der Waals surface area contributed by atoms with Crippen LogP contribution in [-0.4, -0.2) is 76.6 Å². The summed E-state index contributed by atoms with van der Waals surface area (Å²) in [7, 11) is -0.497. The molecule has 1 aromatic rings. The molecular weight excluding hydrogens is 372 g/mol. The molecule has 0 saturated carbocycles. The first kappa shape index (κ1) is 21.2. The molecule has 1 saturated heterocycles. The number of hydrogen-bond donors (Lipinski definition) is 1. The summed E-state index contributed by atoms with van der Waals surface area (Å²) in [6.07, 6.45) is 0.673. The summed E-state index contributed by atoms with van der Waals surface area (Å²) < 4.78 is 34.9. The lowest BCUT2D eigenvalue weighted by Crippen LogP contribution is -2.44. The first-order chi connectivity index (χ1) is 12.9. The van der Waals surface area contributed by atoms with Gasteiger partial charge in [0.1, 0.15) is 18.1 Å². The minimum absolute atomic E-state index is 0.138. The number of sulfone groups is 1. The Morgan fingerprint density at radius 2 is 1.78 bits per heavy atom. The molecule has 1 aliphatic rings. The van der Waals surface area contributed by atoms with E-state index in [2.05, 4.69) is 5.32 Å². The molecule has 0 spiro atoms. The second-order valence-electron chi connectivity index (χ2n) is 6.34. The largest absolute Gasteiger partial charge is 0.491 e. The Bertz CT molecular complexity index is 740. The van der Waals surface area contributed by atoms with Gasteiger partial charge >= 0.3 is 0 Å². The minimum atomic E-state index is -3.50. The van der Waals surface area contributed by atoms with Crippen molar-refractivity contribution in [1.29, 1.82) is 0 Å². The van der Waals surface area contributed by atoms with Gasteiger partial charge in [0.2, 0.25) is 5.91 Å². The highest BCUT2D eigenvalue weighted by molar-refractivity contribution is 7.92. The predicted octanol–water partition coefficient (Wildman–Crippen LogP) is 0.477. The number of rotatable bonds is 8. The van der Waals surface area contributed by atoms with E-state index in [0.29, 0.717) is 50.5 Å². The highest BCUT2D eigenvalue weighted by Gasteiger charge is 2.33. The van der Waals surface area contributed by atoms with E-state index in [4.69, 9.17) is 9.47 Å². The summed E-state index contributed by atoms with van der Waals surface area (Å²) in [4.78, 5) is 25.6. The van der Waals surface area contributed by atoms with E-state index in [9.17, 15) is 18.0 Å². The zero-order valence-corrected chi connectivity index (χ0v) is 16.5. The summed E-state index contributed by atoms with van der Waals surface area (Å²) in [5.74, 6) is -0.503. The molecule has 9 heteroatoms. The molecule has 1 aromatic carbocycles. The molecule has 27 heavy (non-hydrogen) atoms. The summed E-state index contributed by atoms with van der Waals surface area (Å²) in [6, 6.07) is 6.84. The third-order valence-corrected chi connectivity index (χ3v) is 6.66. The highest BCUT2D eigenvalue weighted by atomic mass is 32.2. The fraction of sp³-hybridized carbons (Fsp3) is 0.556. The minimum Gasteiger partial charge on any atom is -0.491 e. The van der Waals surface area contributed by atoms with Gasteiger partial charge in [0.25, 0.3) is 5.91 Å². The van der Waals surface area contributed by atoms with Crippen molar-refractivity contribution < 1.29 is 27.5 Å². The molecule has 2 amide bonds. The van der Waals surface area contributed by atoms with Crippen molar-refractivity contribution in [1.82, 2.24) is 10.2 Å². The van der Waals surface area contributed by atoms with Crippen molar-refractivity contribution >= 4 is 21.7 Å².